The van der Waals surface area contributed by atoms with Crippen molar-refractivity contribution < 1.29 is 4.42 Å². The number of nitrogens with zero attached hydrogens (tertiary/aromatic N) is 4. The Hall–Kier alpha value is -8.07. The van der Waals surface area contributed by atoms with Crippen LogP contribution in [0.15, 0.2) is 199 Å². The summed E-state index contributed by atoms with van der Waals surface area (Å²) < 4.78 is 8.82. The summed E-state index contributed by atoms with van der Waals surface area (Å²) in [5.74, 6) is 0.527. The first-order valence-corrected chi connectivity index (χ1v) is 19.3. The Morgan fingerprint density at radius 3 is 1.64 bits per heavy atom. The molecule has 58 heavy (non-hydrogen) atoms. The van der Waals surface area contributed by atoms with Crippen LogP contribution in [0.3, 0.4) is 0 Å². The molecule has 0 spiro atoms. The molecule has 3 aromatic heterocycles. The lowest BCUT2D eigenvalue weighted by atomic mass is 9.97. The number of nitriles is 1. The fourth-order valence-corrected chi connectivity index (χ4v) is 8.29. The van der Waals surface area contributed by atoms with Gasteiger partial charge in [-0.1, -0.05) is 133 Å². The number of rotatable bonds is 6. The standard InChI is InChI=1S/C53H32N4O/c54-33-46-51(34-13-4-1-5-14-34)55-53(56-52(46)35-15-6-2-7-16-35)40-23-26-43-45-31-39(25-28-49(45)58-50(43)32-40)37-18-12-17-36(29-37)38-24-27-48-44(30-38)42-21-10-11-22-47(42)57(48)41-19-8-3-9-20-41/h1-32H. The monoisotopic (exact) mass is 740 g/mol. The van der Waals surface area contributed by atoms with Gasteiger partial charge in [-0.05, 0) is 82.9 Å². The smallest absolute Gasteiger partial charge is 0.160 e. The third kappa shape index (κ3) is 5.55. The average Bonchev–Trinajstić information content (AvgIpc) is 3.84. The van der Waals surface area contributed by atoms with E-state index in [0.29, 0.717) is 22.8 Å². The van der Waals surface area contributed by atoms with Crippen LogP contribution in [0, 0.1) is 11.3 Å². The topological polar surface area (TPSA) is 67.6 Å². The minimum Gasteiger partial charge on any atom is -0.456 e. The van der Waals surface area contributed by atoms with E-state index < -0.39 is 0 Å². The van der Waals surface area contributed by atoms with E-state index in [2.05, 4.69) is 132 Å². The lowest BCUT2D eigenvalue weighted by molar-refractivity contribution is 0.669. The minimum absolute atomic E-state index is 0.443. The summed E-state index contributed by atoms with van der Waals surface area (Å²) in [7, 11) is 0. The van der Waals surface area contributed by atoms with Crippen LogP contribution in [0.1, 0.15) is 5.56 Å². The zero-order chi connectivity index (χ0) is 38.6. The molecule has 0 N–H and O–H groups in total. The highest BCUT2D eigenvalue weighted by Crippen LogP contribution is 2.39. The summed E-state index contributed by atoms with van der Waals surface area (Å²) >= 11 is 0. The SMILES string of the molecule is N#Cc1c(-c2ccccc2)nc(-c2ccc3c(c2)oc2ccc(-c4cccc(-c5ccc6c(c5)c5ccccc5n6-c5ccccc5)c4)cc23)nc1-c1ccccc1. The summed E-state index contributed by atoms with van der Waals surface area (Å²) in [6.45, 7) is 0. The van der Waals surface area contributed by atoms with E-state index >= 15 is 0 Å². The van der Waals surface area contributed by atoms with E-state index in [4.69, 9.17) is 14.4 Å². The van der Waals surface area contributed by atoms with Gasteiger partial charge in [0.2, 0.25) is 0 Å². The molecule has 5 nitrogen and oxygen atoms in total. The molecule has 3 heterocycles. The molecule has 0 aliphatic rings. The van der Waals surface area contributed by atoms with Gasteiger partial charge in [-0.2, -0.15) is 5.26 Å². The van der Waals surface area contributed by atoms with Crippen molar-refractivity contribution in [3.05, 3.63) is 200 Å². The second-order valence-corrected chi connectivity index (χ2v) is 14.5. The molecule has 8 aromatic carbocycles. The Morgan fingerprint density at radius 2 is 0.948 bits per heavy atom. The van der Waals surface area contributed by atoms with Gasteiger partial charge in [-0.3, -0.25) is 0 Å². The number of furan rings is 1. The maximum Gasteiger partial charge on any atom is 0.160 e. The van der Waals surface area contributed by atoms with Crippen molar-refractivity contribution in [3.8, 4) is 67.9 Å². The Kier molecular flexibility index (Phi) is 7.80. The third-order valence-electron chi connectivity index (χ3n) is 11.1. The number of hydrogen-bond donors (Lipinski definition) is 0. The Labute approximate surface area is 334 Å². The van der Waals surface area contributed by atoms with Crippen molar-refractivity contribution in [1.82, 2.24) is 14.5 Å². The van der Waals surface area contributed by atoms with Crippen molar-refractivity contribution >= 4 is 43.7 Å². The molecule has 0 fully saturated rings. The maximum atomic E-state index is 10.3. The Bertz CT molecular complexity index is 3330. The molecular weight excluding hydrogens is 709 g/mol. The van der Waals surface area contributed by atoms with Gasteiger partial charge in [0.1, 0.15) is 22.8 Å². The lowest BCUT2D eigenvalue weighted by Gasteiger charge is -2.12. The number of fused-ring (bicyclic) bond motifs is 6. The molecule has 0 unspecified atom stereocenters. The molecule has 5 heteroatoms. The Balaban J connectivity index is 0.979. The minimum atomic E-state index is 0.443. The molecule has 0 saturated carbocycles. The summed E-state index contributed by atoms with van der Waals surface area (Å²) in [5, 5.41) is 14.9. The highest BCUT2D eigenvalue weighted by Gasteiger charge is 2.20. The van der Waals surface area contributed by atoms with Crippen molar-refractivity contribution in [2.24, 2.45) is 0 Å². The molecule has 0 atom stereocenters. The normalized spacial score (nSPS) is 11.4. The van der Waals surface area contributed by atoms with Crippen molar-refractivity contribution in [2.45, 2.75) is 0 Å². The second-order valence-electron chi connectivity index (χ2n) is 14.5. The first-order chi connectivity index (χ1) is 28.7. The van der Waals surface area contributed by atoms with Crippen LogP contribution in [0.25, 0.3) is 106 Å². The largest absolute Gasteiger partial charge is 0.456 e. The Morgan fingerprint density at radius 1 is 0.397 bits per heavy atom. The molecule has 0 aliphatic carbocycles. The fourth-order valence-electron chi connectivity index (χ4n) is 8.29. The molecule has 0 saturated heterocycles. The first-order valence-electron chi connectivity index (χ1n) is 19.3. The zero-order valence-electron chi connectivity index (χ0n) is 31.2. The number of para-hydroxylation sites is 2. The molecule has 11 aromatic rings. The highest BCUT2D eigenvalue weighted by molar-refractivity contribution is 6.11. The first kappa shape index (κ1) is 33.3. The van der Waals surface area contributed by atoms with Crippen LogP contribution < -0.4 is 0 Å². The molecular formula is C53H32N4O. The summed E-state index contributed by atoms with van der Waals surface area (Å²) in [4.78, 5) is 9.98. The summed E-state index contributed by atoms with van der Waals surface area (Å²) in [6.07, 6.45) is 0. The quantitative estimate of drug-likeness (QED) is 0.170. The van der Waals surface area contributed by atoms with Gasteiger partial charge in [0, 0.05) is 43.9 Å². The van der Waals surface area contributed by atoms with E-state index in [0.717, 1.165) is 61.0 Å². The van der Waals surface area contributed by atoms with E-state index in [1.165, 1.54) is 27.4 Å². The van der Waals surface area contributed by atoms with Gasteiger partial charge in [0.15, 0.2) is 5.82 Å². The summed E-state index contributed by atoms with van der Waals surface area (Å²) in [6, 6.07) is 69.3. The maximum absolute atomic E-state index is 10.3. The average molecular weight is 741 g/mol. The van der Waals surface area contributed by atoms with Crippen molar-refractivity contribution in [3.63, 3.8) is 0 Å². The molecule has 0 aliphatic heterocycles. The number of benzene rings is 8. The predicted octanol–water partition coefficient (Wildman–Crippen LogP) is 13.7. The number of aromatic nitrogens is 3. The summed E-state index contributed by atoms with van der Waals surface area (Å²) in [5.41, 5.74) is 13.8. The van der Waals surface area contributed by atoms with Gasteiger partial charge >= 0.3 is 0 Å². The van der Waals surface area contributed by atoms with Crippen LogP contribution in [0.4, 0.5) is 0 Å². The van der Waals surface area contributed by atoms with Gasteiger partial charge in [0.25, 0.3) is 0 Å². The van der Waals surface area contributed by atoms with Crippen LogP contribution in [-0.4, -0.2) is 14.5 Å². The molecule has 270 valence electrons. The van der Waals surface area contributed by atoms with Gasteiger partial charge in [-0.25, -0.2) is 9.97 Å². The van der Waals surface area contributed by atoms with Crippen LogP contribution in [-0.2, 0) is 0 Å². The van der Waals surface area contributed by atoms with Crippen molar-refractivity contribution in [1.29, 1.82) is 5.26 Å². The van der Waals surface area contributed by atoms with Gasteiger partial charge < -0.3 is 8.98 Å². The van der Waals surface area contributed by atoms with Crippen LogP contribution >= 0.6 is 0 Å². The predicted molar refractivity (Wildman–Crippen MR) is 236 cm³/mol. The van der Waals surface area contributed by atoms with E-state index in [-0.39, 0.29) is 0 Å². The molecule has 11 rings (SSSR count). The van der Waals surface area contributed by atoms with Gasteiger partial charge in [-0.15, -0.1) is 0 Å². The number of hydrogen-bond acceptors (Lipinski definition) is 4. The molecule has 0 radical (unpaired) electrons. The highest BCUT2D eigenvalue weighted by atomic mass is 16.3. The van der Waals surface area contributed by atoms with Crippen LogP contribution in [0.2, 0.25) is 0 Å². The van der Waals surface area contributed by atoms with Crippen LogP contribution in [0.5, 0.6) is 0 Å². The van der Waals surface area contributed by atoms with Gasteiger partial charge in [0.05, 0.1) is 22.4 Å². The molecule has 0 amide bonds. The fraction of sp³-hybridized carbons (Fsp3) is 0. The molecule has 0 bridgehead atoms. The van der Waals surface area contributed by atoms with E-state index in [9.17, 15) is 5.26 Å². The lowest BCUT2D eigenvalue weighted by Crippen LogP contribution is -2.01. The third-order valence-corrected chi connectivity index (χ3v) is 11.1. The van der Waals surface area contributed by atoms with Crippen molar-refractivity contribution in [2.75, 3.05) is 0 Å². The second kappa shape index (κ2) is 13.6. The zero-order valence-corrected chi connectivity index (χ0v) is 31.2. The van der Waals surface area contributed by atoms with E-state index in [1.54, 1.807) is 0 Å². The van der Waals surface area contributed by atoms with E-state index in [1.807, 2.05) is 72.8 Å².